The van der Waals surface area contributed by atoms with E-state index >= 15 is 0 Å². The first-order valence-corrected chi connectivity index (χ1v) is 9.22. The molecule has 0 atom stereocenters. The Morgan fingerprint density at radius 2 is 1.81 bits per heavy atom. The molecular weight excluding hydrogens is 366 g/mol. The van der Waals surface area contributed by atoms with E-state index in [2.05, 4.69) is 5.32 Å². The maximum atomic E-state index is 12.1. The second kappa shape index (κ2) is 9.78. The van der Waals surface area contributed by atoms with Crippen molar-refractivity contribution in [3.63, 3.8) is 0 Å². The number of carbonyl (C=O) groups is 3. The van der Waals surface area contributed by atoms with Crippen LogP contribution in [0.2, 0.25) is 0 Å². The molecule has 0 saturated carbocycles. The van der Waals surface area contributed by atoms with Crippen LogP contribution in [0.15, 0.2) is 47.4 Å². The normalized spacial score (nSPS) is 10.2. The fourth-order valence-corrected chi connectivity index (χ4v) is 3.16. The SMILES string of the molecule is COc1ccccc1C(=O)NC(=O)COC(=O)CSc1ccc(C)cc1C. The molecule has 0 bridgehead atoms. The van der Waals surface area contributed by atoms with Crippen LogP contribution in [0, 0.1) is 13.8 Å². The van der Waals surface area contributed by atoms with Crippen molar-refractivity contribution in [2.45, 2.75) is 18.7 Å². The molecule has 1 N–H and O–H groups in total. The Morgan fingerprint density at radius 1 is 1.07 bits per heavy atom. The van der Waals surface area contributed by atoms with E-state index in [1.807, 2.05) is 32.0 Å². The molecule has 0 fully saturated rings. The van der Waals surface area contributed by atoms with E-state index in [-0.39, 0.29) is 11.3 Å². The smallest absolute Gasteiger partial charge is 0.316 e. The highest BCUT2D eigenvalue weighted by Gasteiger charge is 2.16. The van der Waals surface area contributed by atoms with Gasteiger partial charge in [0.2, 0.25) is 0 Å². The predicted octanol–water partition coefficient (Wildman–Crippen LogP) is 2.90. The number of amides is 2. The van der Waals surface area contributed by atoms with E-state index < -0.39 is 24.4 Å². The quantitative estimate of drug-likeness (QED) is 0.581. The highest BCUT2D eigenvalue weighted by Crippen LogP contribution is 2.23. The van der Waals surface area contributed by atoms with Crippen molar-refractivity contribution in [2.75, 3.05) is 19.5 Å². The van der Waals surface area contributed by atoms with E-state index in [9.17, 15) is 14.4 Å². The number of imide groups is 1. The molecule has 2 amide bonds. The van der Waals surface area contributed by atoms with Crippen LogP contribution in [-0.4, -0.2) is 37.3 Å². The topological polar surface area (TPSA) is 81.7 Å². The Morgan fingerprint density at radius 3 is 2.52 bits per heavy atom. The molecule has 7 heteroatoms. The van der Waals surface area contributed by atoms with E-state index in [1.165, 1.54) is 24.9 Å². The molecule has 2 aromatic rings. The summed E-state index contributed by atoms with van der Waals surface area (Å²) < 4.78 is 10.0. The van der Waals surface area contributed by atoms with Gasteiger partial charge < -0.3 is 9.47 Å². The van der Waals surface area contributed by atoms with Gasteiger partial charge >= 0.3 is 5.97 Å². The number of rotatable bonds is 7. The molecular formula is C20H21NO5S. The van der Waals surface area contributed by atoms with Crippen molar-refractivity contribution >= 4 is 29.5 Å². The lowest BCUT2D eigenvalue weighted by Gasteiger charge is -2.09. The second-order valence-electron chi connectivity index (χ2n) is 5.80. The zero-order valence-electron chi connectivity index (χ0n) is 15.4. The second-order valence-corrected chi connectivity index (χ2v) is 6.81. The van der Waals surface area contributed by atoms with Crippen LogP contribution in [0.3, 0.4) is 0 Å². The summed E-state index contributed by atoms with van der Waals surface area (Å²) >= 11 is 1.34. The standard InChI is InChI=1S/C20H21NO5S/c1-13-8-9-17(14(2)10-13)27-12-19(23)26-11-18(22)21-20(24)15-6-4-5-7-16(15)25-3/h4-10H,11-12H2,1-3H3,(H,21,22,24). The summed E-state index contributed by atoms with van der Waals surface area (Å²) in [6.45, 7) is 3.45. The summed E-state index contributed by atoms with van der Waals surface area (Å²) in [5.41, 5.74) is 2.45. The van der Waals surface area contributed by atoms with Crippen LogP contribution in [-0.2, 0) is 14.3 Å². The highest BCUT2D eigenvalue weighted by molar-refractivity contribution is 8.00. The molecule has 0 radical (unpaired) electrons. The fraction of sp³-hybridized carbons (Fsp3) is 0.250. The Bertz CT molecular complexity index is 850. The van der Waals surface area contributed by atoms with E-state index in [1.54, 1.807) is 18.2 Å². The fourth-order valence-electron chi connectivity index (χ4n) is 2.35. The number of methoxy groups -OCH3 is 1. The largest absolute Gasteiger partial charge is 0.496 e. The van der Waals surface area contributed by atoms with Gasteiger partial charge in [-0.25, -0.2) is 0 Å². The van der Waals surface area contributed by atoms with Crippen molar-refractivity contribution in [3.05, 3.63) is 59.2 Å². The maximum Gasteiger partial charge on any atom is 0.316 e. The number of carbonyl (C=O) groups excluding carboxylic acids is 3. The summed E-state index contributed by atoms with van der Waals surface area (Å²) in [6.07, 6.45) is 0. The third-order valence-electron chi connectivity index (χ3n) is 3.64. The first-order chi connectivity index (χ1) is 12.9. The average molecular weight is 387 g/mol. The van der Waals surface area contributed by atoms with Crippen LogP contribution in [0.25, 0.3) is 0 Å². The predicted molar refractivity (Wildman–Crippen MR) is 103 cm³/mol. The summed E-state index contributed by atoms with van der Waals surface area (Å²) in [6, 6.07) is 12.5. The summed E-state index contributed by atoms with van der Waals surface area (Å²) in [4.78, 5) is 36.7. The van der Waals surface area contributed by atoms with Crippen LogP contribution >= 0.6 is 11.8 Å². The first kappa shape index (κ1) is 20.5. The van der Waals surface area contributed by atoms with Crippen LogP contribution in [0.5, 0.6) is 5.75 Å². The van der Waals surface area contributed by atoms with E-state index in [0.717, 1.165) is 16.0 Å². The van der Waals surface area contributed by atoms with Gasteiger partial charge in [-0.15, -0.1) is 11.8 Å². The molecule has 2 aromatic carbocycles. The van der Waals surface area contributed by atoms with E-state index in [4.69, 9.17) is 9.47 Å². The molecule has 0 aliphatic carbocycles. The summed E-state index contributed by atoms with van der Waals surface area (Å²) in [5.74, 6) is -1.41. The number of thioether (sulfide) groups is 1. The molecule has 0 spiro atoms. The molecule has 0 saturated heterocycles. The van der Waals surface area contributed by atoms with Gasteiger partial charge in [-0.1, -0.05) is 29.8 Å². The Labute approximate surface area is 162 Å². The molecule has 0 aliphatic heterocycles. The third-order valence-corrected chi connectivity index (χ3v) is 4.79. The maximum absolute atomic E-state index is 12.1. The first-order valence-electron chi connectivity index (χ1n) is 8.23. The van der Waals surface area contributed by atoms with Gasteiger partial charge in [0.25, 0.3) is 11.8 Å². The van der Waals surface area contributed by atoms with Gasteiger partial charge in [0, 0.05) is 4.90 Å². The number of para-hydroxylation sites is 1. The van der Waals surface area contributed by atoms with Crippen LogP contribution < -0.4 is 10.1 Å². The minimum Gasteiger partial charge on any atom is -0.496 e. The lowest BCUT2D eigenvalue weighted by Crippen LogP contribution is -2.34. The van der Waals surface area contributed by atoms with Crippen molar-refractivity contribution < 1.29 is 23.9 Å². The molecule has 0 unspecified atom stereocenters. The van der Waals surface area contributed by atoms with Gasteiger partial charge in [-0.05, 0) is 37.6 Å². The number of hydrogen-bond acceptors (Lipinski definition) is 6. The molecule has 0 aromatic heterocycles. The number of hydrogen-bond donors (Lipinski definition) is 1. The third kappa shape index (κ3) is 6.14. The van der Waals surface area contributed by atoms with Gasteiger partial charge in [0.05, 0.1) is 18.4 Å². The summed E-state index contributed by atoms with van der Waals surface area (Å²) in [7, 11) is 1.43. The van der Waals surface area contributed by atoms with Crippen molar-refractivity contribution in [2.24, 2.45) is 0 Å². The molecule has 6 nitrogen and oxygen atoms in total. The number of aryl methyl sites for hydroxylation is 2. The number of benzene rings is 2. The minimum absolute atomic E-state index is 0.0810. The monoisotopic (exact) mass is 387 g/mol. The van der Waals surface area contributed by atoms with Crippen molar-refractivity contribution in [3.8, 4) is 5.75 Å². The highest BCUT2D eigenvalue weighted by atomic mass is 32.2. The zero-order valence-corrected chi connectivity index (χ0v) is 16.2. The Balaban J connectivity index is 1.79. The molecule has 27 heavy (non-hydrogen) atoms. The number of nitrogens with one attached hydrogen (secondary N) is 1. The molecule has 2 rings (SSSR count). The van der Waals surface area contributed by atoms with Gasteiger partial charge in [-0.3, -0.25) is 19.7 Å². The minimum atomic E-state index is -0.698. The van der Waals surface area contributed by atoms with Crippen LogP contribution in [0.4, 0.5) is 0 Å². The van der Waals surface area contributed by atoms with Gasteiger partial charge in [0.1, 0.15) is 5.75 Å². The summed E-state index contributed by atoms with van der Waals surface area (Å²) in [5, 5.41) is 2.17. The number of ether oxygens (including phenoxy) is 2. The van der Waals surface area contributed by atoms with Gasteiger partial charge in [-0.2, -0.15) is 0 Å². The van der Waals surface area contributed by atoms with Crippen LogP contribution in [0.1, 0.15) is 21.5 Å². The van der Waals surface area contributed by atoms with E-state index in [0.29, 0.717) is 5.75 Å². The average Bonchev–Trinajstić information content (AvgIpc) is 2.65. The van der Waals surface area contributed by atoms with Crippen molar-refractivity contribution in [1.82, 2.24) is 5.32 Å². The molecule has 0 aliphatic rings. The molecule has 142 valence electrons. The lowest BCUT2D eigenvalue weighted by atomic mass is 10.2. The Kier molecular flexibility index (Phi) is 7.43. The lowest BCUT2D eigenvalue weighted by molar-refractivity contribution is -0.145. The van der Waals surface area contributed by atoms with Gasteiger partial charge in [0.15, 0.2) is 6.61 Å². The number of esters is 1. The zero-order chi connectivity index (χ0) is 19.8. The van der Waals surface area contributed by atoms with Crippen molar-refractivity contribution in [1.29, 1.82) is 0 Å². The molecule has 0 heterocycles. The Hall–Kier alpha value is -2.80.